The minimum absolute atomic E-state index is 0.0228. The molecule has 6 nitrogen and oxygen atoms in total. The van der Waals surface area contributed by atoms with Crippen LogP contribution in [0.15, 0.2) is 28.8 Å². The van der Waals surface area contributed by atoms with Gasteiger partial charge in [-0.1, -0.05) is 30.3 Å². The smallest absolute Gasteiger partial charge is 0.227 e. The molecule has 1 aromatic heterocycles. The van der Waals surface area contributed by atoms with E-state index in [9.17, 15) is 4.79 Å². The van der Waals surface area contributed by atoms with Crippen molar-refractivity contribution in [2.45, 2.75) is 52.0 Å². The molecule has 25 heavy (non-hydrogen) atoms. The Hall–Kier alpha value is -2.37. The zero-order valence-electron chi connectivity index (χ0n) is 15.0. The molecular weight excluding hydrogens is 316 g/mol. The Bertz CT molecular complexity index is 713. The van der Waals surface area contributed by atoms with Crippen LogP contribution in [0.2, 0.25) is 0 Å². The molecule has 1 aliphatic heterocycles. The van der Waals surface area contributed by atoms with Gasteiger partial charge in [0.25, 0.3) is 0 Å². The summed E-state index contributed by atoms with van der Waals surface area (Å²) >= 11 is 0. The molecule has 0 aliphatic carbocycles. The normalized spacial score (nSPS) is 14.4. The van der Waals surface area contributed by atoms with Gasteiger partial charge in [-0.25, -0.2) is 0 Å². The fourth-order valence-corrected chi connectivity index (χ4v) is 3.22. The summed E-state index contributed by atoms with van der Waals surface area (Å²) in [5.41, 5.74) is 2.68. The molecule has 1 amide bonds. The Morgan fingerprint density at radius 2 is 2.20 bits per heavy atom. The third-order valence-corrected chi connectivity index (χ3v) is 4.60. The zero-order valence-corrected chi connectivity index (χ0v) is 15.0. The fourth-order valence-electron chi connectivity index (χ4n) is 3.22. The van der Waals surface area contributed by atoms with Crippen LogP contribution in [0.25, 0.3) is 0 Å². The van der Waals surface area contributed by atoms with Crippen LogP contribution in [0, 0.1) is 0 Å². The number of carbonyl (C=O) groups is 1. The van der Waals surface area contributed by atoms with Gasteiger partial charge in [0.15, 0.2) is 5.82 Å². The Balaban J connectivity index is 1.43. The molecule has 3 rings (SSSR count). The summed E-state index contributed by atoms with van der Waals surface area (Å²) in [4.78, 5) is 18.7. The van der Waals surface area contributed by atoms with Crippen molar-refractivity contribution in [3.63, 3.8) is 0 Å². The second-order valence-electron chi connectivity index (χ2n) is 6.58. The molecule has 0 radical (unpaired) electrons. The van der Waals surface area contributed by atoms with Crippen LogP contribution in [0.3, 0.4) is 0 Å². The number of aromatic nitrogens is 2. The van der Waals surface area contributed by atoms with E-state index in [0.717, 1.165) is 31.6 Å². The van der Waals surface area contributed by atoms with Gasteiger partial charge < -0.3 is 14.7 Å². The van der Waals surface area contributed by atoms with Crippen LogP contribution in [0.1, 0.15) is 44.0 Å². The van der Waals surface area contributed by atoms with Crippen molar-refractivity contribution < 1.29 is 9.32 Å². The summed E-state index contributed by atoms with van der Waals surface area (Å²) < 4.78 is 5.16. The number of para-hydroxylation sites is 1. The van der Waals surface area contributed by atoms with E-state index in [0.29, 0.717) is 25.3 Å². The second kappa shape index (κ2) is 8.14. The lowest BCUT2D eigenvalue weighted by Gasteiger charge is -2.27. The van der Waals surface area contributed by atoms with Crippen LogP contribution in [-0.4, -0.2) is 35.2 Å². The lowest BCUT2D eigenvalue weighted by molar-refractivity contribution is -0.121. The molecule has 2 heterocycles. The fraction of sp³-hybridized carbons (Fsp3) is 0.526. The van der Waals surface area contributed by atoms with E-state index in [2.05, 4.69) is 58.5 Å². The summed E-state index contributed by atoms with van der Waals surface area (Å²) in [7, 11) is 0. The number of fused-ring (bicyclic) bond motifs is 1. The van der Waals surface area contributed by atoms with Crippen molar-refractivity contribution >= 4 is 11.6 Å². The first-order chi connectivity index (χ1) is 12.2. The lowest BCUT2D eigenvalue weighted by Crippen LogP contribution is -2.41. The number of aryl methyl sites for hydroxylation is 2. The minimum Gasteiger partial charge on any atom is -0.366 e. The molecule has 6 heteroatoms. The largest absolute Gasteiger partial charge is 0.366 e. The predicted molar refractivity (Wildman–Crippen MR) is 96.6 cm³/mol. The van der Waals surface area contributed by atoms with Crippen LogP contribution in [0.4, 0.5) is 5.69 Å². The summed E-state index contributed by atoms with van der Waals surface area (Å²) in [6, 6.07) is 8.76. The van der Waals surface area contributed by atoms with E-state index in [4.69, 9.17) is 4.52 Å². The molecular formula is C19H26N4O2. The average molecular weight is 342 g/mol. The molecule has 1 atom stereocenters. The van der Waals surface area contributed by atoms with Gasteiger partial charge >= 0.3 is 0 Å². The number of nitrogens with one attached hydrogen (secondary N) is 1. The number of carbonyl (C=O) groups excluding carboxylic acids is 1. The Labute approximate surface area is 148 Å². The van der Waals surface area contributed by atoms with Crippen LogP contribution >= 0.6 is 0 Å². The van der Waals surface area contributed by atoms with Crippen molar-refractivity contribution in [3.05, 3.63) is 41.5 Å². The maximum Gasteiger partial charge on any atom is 0.227 e. The number of anilines is 1. The third kappa shape index (κ3) is 4.38. The van der Waals surface area contributed by atoms with Crippen molar-refractivity contribution in [3.8, 4) is 0 Å². The Morgan fingerprint density at radius 1 is 1.36 bits per heavy atom. The molecule has 0 spiro atoms. The molecule has 134 valence electrons. The number of nitrogens with zero attached hydrogens (tertiary/aromatic N) is 3. The van der Waals surface area contributed by atoms with Crippen molar-refractivity contribution in [1.82, 2.24) is 15.5 Å². The van der Waals surface area contributed by atoms with E-state index in [-0.39, 0.29) is 11.9 Å². The SMILES string of the molecule is CCCc1noc(CCC(=O)NC[C@H](C)N2CCc3ccccc32)n1. The molecule has 0 fully saturated rings. The van der Waals surface area contributed by atoms with Gasteiger partial charge in [-0.2, -0.15) is 4.98 Å². The van der Waals surface area contributed by atoms with Crippen LogP contribution < -0.4 is 10.2 Å². The molecule has 0 bridgehead atoms. The predicted octanol–water partition coefficient (Wildman–Crippen LogP) is 2.52. The standard InChI is InChI=1S/C19H26N4O2/c1-3-6-17-21-19(25-22-17)10-9-18(24)20-13-14(2)23-12-11-15-7-4-5-8-16(15)23/h4-5,7-8,14H,3,6,9-13H2,1-2H3,(H,20,24)/t14-/m0/s1. The molecule has 0 saturated carbocycles. The highest BCUT2D eigenvalue weighted by Gasteiger charge is 2.23. The van der Waals surface area contributed by atoms with Gasteiger partial charge in [0.05, 0.1) is 0 Å². The van der Waals surface area contributed by atoms with Gasteiger partial charge in [-0.15, -0.1) is 0 Å². The first kappa shape index (κ1) is 17.5. The Kier molecular flexibility index (Phi) is 5.68. The van der Waals surface area contributed by atoms with Crippen LogP contribution in [-0.2, 0) is 24.1 Å². The van der Waals surface area contributed by atoms with Gasteiger partial charge in [0, 0.05) is 44.1 Å². The molecule has 1 aromatic carbocycles. The summed E-state index contributed by atoms with van der Waals surface area (Å²) in [6.07, 6.45) is 3.73. The van der Waals surface area contributed by atoms with Gasteiger partial charge in [0.1, 0.15) is 0 Å². The van der Waals surface area contributed by atoms with Gasteiger partial charge in [0.2, 0.25) is 11.8 Å². The topological polar surface area (TPSA) is 71.3 Å². The van der Waals surface area contributed by atoms with E-state index >= 15 is 0 Å². The van der Waals surface area contributed by atoms with Crippen molar-refractivity contribution in [1.29, 1.82) is 0 Å². The van der Waals surface area contributed by atoms with Gasteiger partial charge in [-0.3, -0.25) is 4.79 Å². The number of hydrogen-bond donors (Lipinski definition) is 1. The van der Waals surface area contributed by atoms with Crippen LogP contribution in [0.5, 0.6) is 0 Å². The first-order valence-electron chi connectivity index (χ1n) is 9.10. The van der Waals surface area contributed by atoms with E-state index in [1.165, 1.54) is 11.3 Å². The lowest BCUT2D eigenvalue weighted by atomic mass is 10.2. The molecule has 1 N–H and O–H groups in total. The summed E-state index contributed by atoms with van der Waals surface area (Å²) in [5, 5.41) is 6.93. The third-order valence-electron chi connectivity index (χ3n) is 4.60. The van der Waals surface area contributed by atoms with E-state index < -0.39 is 0 Å². The highest BCUT2D eigenvalue weighted by atomic mass is 16.5. The molecule has 2 aromatic rings. The maximum atomic E-state index is 12.1. The summed E-state index contributed by atoms with van der Waals surface area (Å²) in [5.74, 6) is 1.29. The van der Waals surface area contributed by atoms with E-state index in [1.54, 1.807) is 0 Å². The average Bonchev–Trinajstić information content (AvgIpc) is 3.25. The first-order valence-corrected chi connectivity index (χ1v) is 9.10. The Morgan fingerprint density at radius 3 is 3.04 bits per heavy atom. The maximum absolute atomic E-state index is 12.1. The van der Waals surface area contributed by atoms with Crippen molar-refractivity contribution in [2.75, 3.05) is 18.0 Å². The van der Waals surface area contributed by atoms with Gasteiger partial charge in [-0.05, 0) is 31.4 Å². The molecule has 0 unspecified atom stereocenters. The molecule has 0 saturated heterocycles. The summed E-state index contributed by atoms with van der Waals surface area (Å²) in [6.45, 7) is 5.87. The number of benzene rings is 1. The number of amides is 1. The number of hydrogen-bond acceptors (Lipinski definition) is 5. The molecule has 1 aliphatic rings. The zero-order chi connectivity index (χ0) is 17.6. The van der Waals surface area contributed by atoms with Crippen molar-refractivity contribution in [2.24, 2.45) is 0 Å². The number of rotatable bonds is 8. The highest BCUT2D eigenvalue weighted by molar-refractivity contribution is 5.76. The minimum atomic E-state index is 0.0228. The van der Waals surface area contributed by atoms with E-state index in [1.807, 2.05) is 0 Å². The second-order valence-corrected chi connectivity index (χ2v) is 6.58. The monoisotopic (exact) mass is 342 g/mol. The highest BCUT2D eigenvalue weighted by Crippen LogP contribution is 2.28. The quantitative estimate of drug-likeness (QED) is 0.798.